The Labute approximate surface area is 191 Å². The number of benzene rings is 2. The van der Waals surface area contributed by atoms with Crippen molar-refractivity contribution in [1.29, 1.82) is 0 Å². The van der Waals surface area contributed by atoms with Crippen LogP contribution in [0.15, 0.2) is 41.4 Å². The topological polar surface area (TPSA) is 70.6 Å². The molecule has 154 valence electrons. The lowest BCUT2D eigenvalue weighted by Gasteiger charge is -2.15. The first kappa shape index (κ1) is 24.9. The van der Waals surface area contributed by atoms with Crippen LogP contribution in [0.25, 0.3) is 0 Å². The Hall–Kier alpha value is -1.10. The summed E-state index contributed by atoms with van der Waals surface area (Å²) in [5.74, 6) is -0.119. The first-order valence-corrected chi connectivity index (χ1v) is 10.8. The van der Waals surface area contributed by atoms with Gasteiger partial charge in [-0.05, 0) is 41.0 Å². The molecule has 0 bridgehead atoms. The average molecular weight is 560 g/mol. The van der Waals surface area contributed by atoms with Crippen LogP contribution in [0.2, 0.25) is 10.0 Å². The zero-order chi connectivity index (χ0) is 20.0. The largest absolute Gasteiger partial charge is 0.352 e. The van der Waals surface area contributed by atoms with Crippen LogP contribution in [0.5, 0.6) is 0 Å². The van der Waals surface area contributed by atoms with E-state index in [0.29, 0.717) is 33.7 Å². The summed E-state index contributed by atoms with van der Waals surface area (Å²) in [5.41, 5.74) is 1.93. The summed E-state index contributed by atoms with van der Waals surface area (Å²) < 4.78 is 36.7. The Morgan fingerprint density at radius 2 is 1.64 bits per heavy atom. The maximum atomic E-state index is 13.6. The molecule has 0 saturated carbocycles. The Kier molecular flexibility index (Phi) is 9.96. The molecule has 2 aromatic rings. The third-order valence-electron chi connectivity index (χ3n) is 3.72. The molecule has 5 nitrogen and oxygen atoms in total. The van der Waals surface area contributed by atoms with Crippen LogP contribution < -0.4 is 10.6 Å². The lowest BCUT2D eigenvalue weighted by atomic mass is 10.1. The molecular weight excluding hydrogens is 539 g/mol. The summed E-state index contributed by atoms with van der Waals surface area (Å²) in [7, 11) is -1.63. The number of hydrogen-bond acceptors (Lipinski definition) is 3. The van der Waals surface area contributed by atoms with Gasteiger partial charge in [-0.3, -0.25) is 4.99 Å². The predicted octanol–water partition coefficient (Wildman–Crippen LogP) is 4.16. The van der Waals surface area contributed by atoms with Crippen LogP contribution in [0.1, 0.15) is 16.7 Å². The fraction of sp³-hybridized carbons (Fsp3) is 0.278. The highest BCUT2D eigenvalue weighted by molar-refractivity contribution is 14.0. The van der Waals surface area contributed by atoms with Gasteiger partial charge in [-0.25, -0.2) is 12.8 Å². The highest BCUT2D eigenvalue weighted by atomic mass is 127. The third kappa shape index (κ3) is 8.10. The maximum absolute atomic E-state index is 13.6. The number of aliphatic imine (C=N–C) groups is 1. The molecule has 28 heavy (non-hydrogen) atoms. The van der Waals surface area contributed by atoms with Gasteiger partial charge in [0, 0.05) is 36.4 Å². The van der Waals surface area contributed by atoms with Crippen LogP contribution in [0.4, 0.5) is 4.39 Å². The summed E-state index contributed by atoms with van der Waals surface area (Å²) in [6.07, 6.45) is 1.14. The molecule has 0 spiro atoms. The fourth-order valence-corrected chi connectivity index (χ4v) is 3.75. The minimum Gasteiger partial charge on any atom is -0.352 e. The van der Waals surface area contributed by atoms with E-state index in [0.717, 1.165) is 11.8 Å². The molecule has 0 saturated heterocycles. The maximum Gasteiger partial charge on any atom is 0.191 e. The summed E-state index contributed by atoms with van der Waals surface area (Å²) in [4.78, 5) is 4.11. The van der Waals surface area contributed by atoms with E-state index < -0.39 is 15.7 Å². The second-order valence-corrected chi connectivity index (χ2v) is 8.98. The Balaban J connectivity index is 0.00000392. The van der Waals surface area contributed by atoms with Crippen LogP contribution in [-0.2, 0) is 28.7 Å². The van der Waals surface area contributed by atoms with Crippen molar-refractivity contribution in [2.24, 2.45) is 4.99 Å². The van der Waals surface area contributed by atoms with Crippen LogP contribution in [0, 0.1) is 5.82 Å². The standard InChI is InChI=1S/C18H20Cl2FN3O2S.HI/c1-22-18(23-9-12-3-5-15(19)8-17(12)20)24-10-14-7-16(21)6-4-13(14)11-27(2,25)26;/h3-8H,9-11H2,1-2H3,(H2,22,23,24);1H. The van der Waals surface area contributed by atoms with Crippen molar-refractivity contribution in [1.82, 2.24) is 10.6 Å². The van der Waals surface area contributed by atoms with Crippen molar-refractivity contribution < 1.29 is 12.8 Å². The molecule has 0 aliphatic carbocycles. The van der Waals surface area contributed by atoms with Gasteiger partial charge in [-0.15, -0.1) is 24.0 Å². The van der Waals surface area contributed by atoms with E-state index in [4.69, 9.17) is 23.2 Å². The Bertz CT molecular complexity index is 956. The number of guanidine groups is 1. The van der Waals surface area contributed by atoms with E-state index in [9.17, 15) is 12.8 Å². The molecule has 0 atom stereocenters. The molecule has 10 heteroatoms. The molecule has 0 aliphatic rings. The lowest BCUT2D eigenvalue weighted by molar-refractivity contribution is 0.599. The Morgan fingerprint density at radius 1 is 1.04 bits per heavy atom. The molecule has 0 aliphatic heterocycles. The second-order valence-electron chi connectivity index (χ2n) is 6.00. The van der Waals surface area contributed by atoms with Crippen molar-refractivity contribution in [3.8, 4) is 0 Å². The van der Waals surface area contributed by atoms with Crippen molar-refractivity contribution >= 4 is 63.0 Å². The van der Waals surface area contributed by atoms with Crippen molar-refractivity contribution in [3.05, 3.63) is 69.0 Å². The minimum atomic E-state index is -3.23. The molecule has 0 aromatic heterocycles. The SMILES string of the molecule is CN=C(NCc1ccc(Cl)cc1Cl)NCc1cc(F)ccc1CS(C)(=O)=O.I. The lowest BCUT2D eigenvalue weighted by Crippen LogP contribution is -2.36. The van der Waals surface area contributed by atoms with Gasteiger partial charge in [0.15, 0.2) is 15.8 Å². The third-order valence-corrected chi connectivity index (χ3v) is 5.14. The number of nitrogens with zero attached hydrogens (tertiary/aromatic N) is 1. The zero-order valence-electron chi connectivity index (χ0n) is 15.3. The van der Waals surface area contributed by atoms with E-state index in [1.165, 1.54) is 18.2 Å². The molecule has 2 N–H and O–H groups in total. The molecule has 0 heterocycles. The molecule has 2 rings (SSSR count). The Morgan fingerprint density at radius 3 is 2.21 bits per heavy atom. The van der Waals surface area contributed by atoms with Gasteiger partial charge in [0.05, 0.1) is 5.75 Å². The van der Waals surface area contributed by atoms with Gasteiger partial charge in [-0.2, -0.15) is 0 Å². The quantitative estimate of drug-likeness (QED) is 0.317. The van der Waals surface area contributed by atoms with Gasteiger partial charge in [-0.1, -0.05) is 35.3 Å². The number of halogens is 4. The molecule has 0 amide bonds. The molecule has 0 fully saturated rings. The molecule has 0 unspecified atom stereocenters. The van der Waals surface area contributed by atoms with E-state index in [1.54, 1.807) is 19.2 Å². The summed E-state index contributed by atoms with van der Waals surface area (Å²) in [6.45, 7) is 0.631. The second kappa shape index (κ2) is 11.2. The molecule has 2 aromatic carbocycles. The summed E-state index contributed by atoms with van der Waals surface area (Å²) >= 11 is 12.0. The van der Waals surface area contributed by atoms with Gasteiger partial charge in [0.2, 0.25) is 0 Å². The monoisotopic (exact) mass is 559 g/mol. The normalized spacial score (nSPS) is 11.7. The first-order valence-electron chi connectivity index (χ1n) is 8.01. The summed E-state index contributed by atoms with van der Waals surface area (Å²) in [6, 6.07) is 9.25. The van der Waals surface area contributed by atoms with E-state index >= 15 is 0 Å². The highest BCUT2D eigenvalue weighted by Gasteiger charge is 2.11. The fourth-order valence-electron chi connectivity index (χ4n) is 2.43. The average Bonchev–Trinajstić information content (AvgIpc) is 2.57. The van der Waals surface area contributed by atoms with E-state index in [2.05, 4.69) is 15.6 Å². The van der Waals surface area contributed by atoms with Crippen molar-refractivity contribution in [2.75, 3.05) is 13.3 Å². The molecular formula is C18H21Cl2FIN3O2S. The van der Waals surface area contributed by atoms with Gasteiger partial charge in [0.25, 0.3) is 0 Å². The summed E-state index contributed by atoms with van der Waals surface area (Å²) in [5, 5.41) is 7.23. The number of rotatable bonds is 6. The van der Waals surface area contributed by atoms with Gasteiger partial charge < -0.3 is 10.6 Å². The minimum absolute atomic E-state index is 0. The highest BCUT2D eigenvalue weighted by Crippen LogP contribution is 2.20. The van der Waals surface area contributed by atoms with E-state index in [-0.39, 0.29) is 36.3 Å². The number of hydrogen-bond donors (Lipinski definition) is 2. The van der Waals surface area contributed by atoms with E-state index in [1.807, 2.05) is 6.07 Å². The predicted molar refractivity (Wildman–Crippen MR) is 124 cm³/mol. The number of sulfone groups is 1. The smallest absolute Gasteiger partial charge is 0.191 e. The molecule has 0 radical (unpaired) electrons. The van der Waals surface area contributed by atoms with Gasteiger partial charge >= 0.3 is 0 Å². The number of nitrogens with one attached hydrogen (secondary N) is 2. The van der Waals surface area contributed by atoms with Crippen LogP contribution >= 0.6 is 47.2 Å². The van der Waals surface area contributed by atoms with Crippen LogP contribution in [-0.4, -0.2) is 27.7 Å². The zero-order valence-corrected chi connectivity index (χ0v) is 20.0. The van der Waals surface area contributed by atoms with Crippen molar-refractivity contribution in [3.63, 3.8) is 0 Å². The first-order chi connectivity index (χ1) is 12.7. The van der Waals surface area contributed by atoms with Gasteiger partial charge in [0.1, 0.15) is 5.82 Å². The van der Waals surface area contributed by atoms with Crippen molar-refractivity contribution in [2.45, 2.75) is 18.8 Å². The van der Waals surface area contributed by atoms with Crippen LogP contribution in [0.3, 0.4) is 0 Å².